The zero-order chi connectivity index (χ0) is 17.2. The molecule has 0 saturated carbocycles. The van der Waals surface area contributed by atoms with Crippen LogP contribution in [0.2, 0.25) is 0 Å². The molecule has 0 bridgehead atoms. The molecule has 0 spiro atoms. The molecule has 0 saturated heterocycles. The normalized spacial score (nSPS) is 12.4. The van der Waals surface area contributed by atoms with E-state index in [1.807, 2.05) is 30.5 Å². The monoisotopic (exact) mass is 374 g/mol. The molecule has 0 unspecified atom stereocenters. The average Bonchev–Trinajstić information content (AvgIpc) is 3.34. The molecule has 25 heavy (non-hydrogen) atoms. The molecule has 0 radical (unpaired) electrons. The van der Waals surface area contributed by atoms with E-state index in [9.17, 15) is 4.79 Å². The summed E-state index contributed by atoms with van der Waals surface area (Å²) in [4.78, 5) is 17.4. The fourth-order valence-corrected chi connectivity index (χ4v) is 3.77. The van der Waals surface area contributed by atoms with E-state index in [1.54, 1.807) is 0 Å². The molecule has 7 nitrogen and oxygen atoms in total. The molecule has 128 valence electrons. The highest BCUT2D eigenvalue weighted by molar-refractivity contribution is 7.14. The molecular formula is C16H14N4O3S2. The van der Waals surface area contributed by atoms with E-state index in [-0.39, 0.29) is 12.7 Å². The number of rotatable bonds is 5. The lowest BCUT2D eigenvalue weighted by Crippen LogP contribution is -2.12. The first-order valence-corrected chi connectivity index (χ1v) is 9.38. The number of thiazole rings is 1. The van der Waals surface area contributed by atoms with Gasteiger partial charge in [-0.1, -0.05) is 17.8 Å². The Labute approximate surface area is 151 Å². The summed E-state index contributed by atoms with van der Waals surface area (Å²) < 4.78 is 14.6. The van der Waals surface area contributed by atoms with Crippen LogP contribution in [0.1, 0.15) is 28.7 Å². The second-order valence-electron chi connectivity index (χ2n) is 5.36. The van der Waals surface area contributed by atoms with E-state index in [0.29, 0.717) is 15.8 Å². The number of hydrogen-bond donors (Lipinski definition) is 1. The SMILES string of the molecule is CCCc1nnsc1C(=O)Nc1nc(-c2ccc3c(c2)OCO3)cs1. The molecule has 3 heterocycles. The number of nitrogens with zero attached hydrogens (tertiary/aromatic N) is 3. The van der Waals surface area contributed by atoms with Crippen molar-refractivity contribution in [1.82, 2.24) is 14.6 Å². The van der Waals surface area contributed by atoms with Crippen molar-refractivity contribution in [2.24, 2.45) is 0 Å². The third-order valence-corrected chi connectivity index (χ3v) is 5.17. The largest absolute Gasteiger partial charge is 0.454 e. The van der Waals surface area contributed by atoms with Gasteiger partial charge in [0.15, 0.2) is 16.6 Å². The smallest absolute Gasteiger partial charge is 0.271 e. The van der Waals surface area contributed by atoms with Crippen molar-refractivity contribution in [3.63, 3.8) is 0 Å². The van der Waals surface area contributed by atoms with E-state index < -0.39 is 0 Å². The number of ether oxygens (including phenoxy) is 2. The Morgan fingerprint density at radius 2 is 2.20 bits per heavy atom. The van der Waals surface area contributed by atoms with E-state index >= 15 is 0 Å². The van der Waals surface area contributed by atoms with Gasteiger partial charge in [0, 0.05) is 10.9 Å². The van der Waals surface area contributed by atoms with Gasteiger partial charge >= 0.3 is 0 Å². The first-order valence-electron chi connectivity index (χ1n) is 7.72. The maximum absolute atomic E-state index is 12.4. The van der Waals surface area contributed by atoms with Crippen LogP contribution in [0, 0.1) is 0 Å². The maximum atomic E-state index is 12.4. The van der Waals surface area contributed by atoms with Gasteiger partial charge in [0.25, 0.3) is 5.91 Å². The molecule has 0 atom stereocenters. The fourth-order valence-electron chi connectivity index (χ4n) is 2.45. The Morgan fingerprint density at radius 3 is 3.08 bits per heavy atom. The van der Waals surface area contributed by atoms with Gasteiger partial charge in [0.05, 0.1) is 11.4 Å². The zero-order valence-electron chi connectivity index (χ0n) is 13.3. The molecule has 1 aliphatic heterocycles. The van der Waals surface area contributed by atoms with Gasteiger partial charge in [-0.3, -0.25) is 10.1 Å². The molecule has 9 heteroatoms. The fraction of sp³-hybridized carbons (Fsp3) is 0.250. The molecule has 0 fully saturated rings. The minimum atomic E-state index is -0.218. The van der Waals surface area contributed by atoms with Crippen LogP contribution in [0.4, 0.5) is 5.13 Å². The number of anilines is 1. The van der Waals surface area contributed by atoms with Crippen LogP contribution in [0.15, 0.2) is 23.6 Å². The lowest BCUT2D eigenvalue weighted by molar-refractivity contribution is 0.102. The van der Waals surface area contributed by atoms with E-state index in [4.69, 9.17) is 9.47 Å². The van der Waals surface area contributed by atoms with Crippen molar-refractivity contribution in [3.8, 4) is 22.8 Å². The summed E-state index contributed by atoms with van der Waals surface area (Å²) in [6.45, 7) is 2.28. The molecule has 1 N–H and O–H groups in total. The first kappa shape index (κ1) is 16.0. The summed E-state index contributed by atoms with van der Waals surface area (Å²) in [5.41, 5.74) is 2.42. The van der Waals surface area contributed by atoms with E-state index in [0.717, 1.165) is 47.1 Å². The summed E-state index contributed by atoms with van der Waals surface area (Å²) in [6, 6.07) is 5.66. The highest BCUT2D eigenvalue weighted by atomic mass is 32.1. The van der Waals surface area contributed by atoms with Gasteiger partial charge in [0.2, 0.25) is 6.79 Å². The summed E-state index contributed by atoms with van der Waals surface area (Å²) >= 11 is 2.48. The van der Waals surface area contributed by atoms with Gasteiger partial charge in [-0.25, -0.2) is 4.98 Å². The average molecular weight is 374 g/mol. The molecule has 4 rings (SSSR count). The predicted octanol–water partition coefficient (Wildman–Crippen LogP) is 3.60. The topological polar surface area (TPSA) is 86.2 Å². The first-order chi connectivity index (χ1) is 12.2. The number of nitrogens with one attached hydrogen (secondary N) is 1. The number of carbonyl (C=O) groups excluding carboxylic acids is 1. The van der Waals surface area contributed by atoms with Gasteiger partial charge in [-0.15, -0.1) is 16.4 Å². The highest BCUT2D eigenvalue weighted by Crippen LogP contribution is 2.36. The van der Waals surface area contributed by atoms with Gasteiger partial charge in [-0.2, -0.15) is 0 Å². The lowest BCUT2D eigenvalue weighted by Gasteiger charge is -2.01. The third-order valence-electron chi connectivity index (χ3n) is 3.64. The van der Waals surface area contributed by atoms with Crippen molar-refractivity contribution in [1.29, 1.82) is 0 Å². The van der Waals surface area contributed by atoms with Crippen molar-refractivity contribution in [2.75, 3.05) is 12.1 Å². The molecule has 1 aliphatic rings. The van der Waals surface area contributed by atoms with Crippen LogP contribution >= 0.6 is 22.9 Å². The Morgan fingerprint density at radius 1 is 1.32 bits per heavy atom. The Bertz CT molecular complexity index is 922. The van der Waals surface area contributed by atoms with Crippen molar-refractivity contribution < 1.29 is 14.3 Å². The van der Waals surface area contributed by atoms with Gasteiger partial charge < -0.3 is 9.47 Å². The molecule has 0 aliphatic carbocycles. The Kier molecular flexibility index (Phi) is 4.33. The number of fused-ring (bicyclic) bond motifs is 1. The molecular weight excluding hydrogens is 360 g/mol. The Hall–Kier alpha value is -2.52. The number of benzene rings is 1. The molecule has 1 aromatic carbocycles. The third kappa shape index (κ3) is 3.20. The Balaban J connectivity index is 1.51. The van der Waals surface area contributed by atoms with E-state index in [1.165, 1.54) is 11.3 Å². The maximum Gasteiger partial charge on any atom is 0.271 e. The molecule has 2 aromatic heterocycles. The van der Waals surface area contributed by atoms with Crippen molar-refractivity contribution in [3.05, 3.63) is 34.2 Å². The molecule has 1 amide bonds. The van der Waals surface area contributed by atoms with Crippen molar-refractivity contribution >= 4 is 33.9 Å². The van der Waals surface area contributed by atoms with Crippen LogP contribution < -0.4 is 14.8 Å². The number of amides is 1. The van der Waals surface area contributed by atoms with Crippen LogP contribution in [0.3, 0.4) is 0 Å². The van der Waals surface area contributed by atoms with Crippen molar-refractivity contribution in [2.45, 2.75) is 19.8 Å². The van der Waals surface area contributed by atoms with E-state index in [2.05, 4.69) is 19.9 Å². The van der Waals surface area contributed by atoms with Crippen LogP contribution in [-0.2, 0) is 6.42 Å². The zero-order valence-corrected chi connectivity index (χ0v) is 14.9. The highest BCUT2D eigenvalue weighted by Gasteiger charge is 2.18. The number of carbonyl (C=O) groups is 1. The molecule has 3 aromatic rings. The summed E-state index contributed by atoms with van der Waals surface area (Å²) in [7, 11) is 0. The summed E-state index contributed by atoms with van der Waals surface area (Å²) in [6.07, 6.45) is 1.65. The minimum absolute atomic E-state index is 0.218. The number of aryl methyl sites for hydroxylation is 1. The minimum Gasteiger partial charge on any atom is -0.454 e. The van der Waals surface area contributed by atoms with Crippen LogP contribution in [0.25, 0.3) is 11.3 Å². The van der Waals surface area contributed by atoms with Gasteiger partial charge in [-0.05, 0) is 36.2 Å². The second kappa shape index (κ2) is 6.77. The van der Waals surface area contributed by atoms with Crippen LogP contribution in [0.5, 0.6) is 11.5 Å². The summed E-state index contributed by atoms with van der Waals surface area (Å²) in [5.74, 6) is 1.22. The van der Waals surface area contributed by atoms with Gasteiger partial charge in [0.1, 0.15) is 4.88 Å². The lowest BCUT2D eigenvalue weighted by atomic mass is 10.1. The second-order valence-corrected chi connectivity index (χ2v) is 6.97. The quantitative estimate of drug-likeness (QED) is 0.734. The number of hydrogen-bond acceptors (Lipinski definition) is 8. The standard InChI is InChI=1S/C16H14N4O3S2/c1-2-3-10-14(25-20-19-10)15(21)18-16-17-11(7-24-16)9-4-5-12-13(6-9)23-8-22-12/h4-7H,2-3,8H2,1H3,(H,17,18,21). The number of aromatic nitrogens is 3. The predicted molar refractivity (Wildman–Crippen MR) is 95.5 cm³/mol. The van der Waals surface area contributed by atoms with Crippen LogP contribution in [-0.4, -0.2) is 27.3 Å². The summed E-state index contributed by atoms with van der Waals surface area (Å²) in [5, 5.41) is 9.28.